The molecule has 2 aromatic rings. The number of pyridine rings is 1. The molecule has 0 spiro atoms. The maximum atomic E-state index is 11.7. The number of anilines is 1. The highest BCUT2D eigenvalue weighted by Crippen LogP contribution is 2.46. The van der Waals surface area contributed by atoms with Gasteiger partial charge in [0.25, 0.3) is 0 Å². The van der Waals surface area contributed by atoms with Gasteiger partial charge < -0.3 is 20.8 Å². The number of phenols is 2. The van der Waals surface area contributed by atoms with E-state index in [1.165, 1.54) is 0 Å². The zero-order valence-electron chi connectivity index (χ0n) is 15.6. The first kappa shape index (κ1) is 18.8. The maximum absolute atomic E-state index is 11.7. The number of hydrogen-bond donors (Lipinski definition) is 3. The van der Waals surface area contributed by atoms with Crippen LogP contribution < -0.4 is 5.73 Å². The van der Waals surface area contributed by atoms with Crippen LogP contribution in [0.4, 0.5) is 5.69 Å². The predicted octanol–water partition coefficient (Wildman–Crippen LogP) is 3.38. The van der Waals surface area contributed by atoms with Gasteiger partial charge in [0, 0.05) is 41.8 Å². The molecule has 2 heterocycles. The van der Waals surface area contributed by atoms with E-state index >= 15 is 0 Å². The predicted molar refractivity (Wildman–Crippen MR) is 111 cm³/mol. The van der Waals surface area contributed by atoms with Crippen molar-refractivity contribution in [2.45, 2.75) is 32.6 Å². The topological polar surface area (TPSA) is 99.7 Å². The van der Waals surface area contributed by atoms with Crippen LogP contribution in [0.2, 0.25) is 0 Å². The van der Waals surface area contributed by atoms with Crippen LogP contribution in [0.5, 0.6) is 11.5 Å². The molecule has 1 amide bonds. The quantitative estimate of drug-likeness (QED) is 0.428. The number of aromatic hydroxyl groups is 2. The SMILES string of the molecule is CC(=O)N1CCC(=C2c3ncc(Br)cc3CCc3cc(O)c(N)c(O)c32)CC1. The fourth-order valence-electron chi connectivity index (χ4n) is 4.17. The normalized spacial score (nSPS) is 16.4. The van der Waals surface area contributed by atoms with Crippen LogP contribution in [-0.4, -0.2) is 39.1 Å². The van der Waals surface area contributed by atoms with Gasteiger partial charge in [-0.25, -0.2) is 0 Å². The highest BCUT2D eigenvalue weighted by atomic mass is 79.9. The number of fused-ring (bicyclic) bond motifs is 2. The standard InChI is InChI=1S/C21H22BrN3O3/c1-11(26)25-6-4-12(5-7-25)17-18-13(9-16(27)19(23)21(18)28)2-3-14-8-15(22)10-24-20(14)17/h8-10,27-28H,2-7,23H2,1H3. The van der Waals surface area contributed by atoms with Crippen molar-refractivity contribution in [3.8, 4) is 11.5 Å². The number of aromatic nitrogens is 1. The number of amides is 1. The van der Waals surface area contributed by atoms with Crippen molar-refractivity contribution < 1.29 is 15.0 Å². The van der Waals surface area contributed by atoms with Crippen molar-refractivity contribution in [2.24, 2.45) is 0 Å². The summed E-state index contributed by atoms with van der Waals surface area (Å²) in [5, 5.41) is 21.0. The summed E-state index contributed by atoms with van der Waals surface area (Å²) in [4.78, 5) is 18.2. The first-order chi connectivity index (χ1) is 13.4. The Morgan fingerprint density at radius 3 is 2.50 bits per heavy atom. The minimum Gasteiger partial charge on any atom is -0.506 e. The van der Waals surface area contributed by atoms with Gasteiger partial charge in [-0.2, -0.15) is 0 Å². The van der Waals surface area contributed by atoms with Gasteiger partial charge in [-0.3, -0.25) is 9.78 Å². The number of carbonyl (C=O) groups is 1. The van der Waals surface area contributed by atoms with E-state index in [4.69, 9.17) is 5.73 Å². The third-order valence-corrected chi connectivity index (χ3v) is 6.08. The number of nitrogens with two attached hydrogens (primary N) is 1. The molecule has 1 aromatic carbocycles. The van der Waals surface area contributed by atoms with E-state index < -0.39 is 0 Å². The smallest absolute Gasteiger partial charge is 0.219 e. The lowest BCUT2D eigenvalue weighted by molar-refractivity contribution is -0.129. The summed E-state index contributed by atoms with van der Waals surface area (Å²) in [5.41, 5.74) is 11.4. The molecule has 0 atom stereocenters. The van der Waals surface area contributed by atoms with Crippen molar-refractivity contribution in [3.05, 3.63) is 50.8 Å². The molecule has 1 aromatic heterocycles. The van der Waals surface area contributed by atoms with Gasteiger partial charge in [-0.1, -0.05) is 5.57 Å². The summed E-state index contributed by atoms with van der Waals surface area (Å²) in [6.07, 6.45) is 4.60. The third kappa shape index (κ3) is 3.13. The zero-order valence-corrected chi connectivity index (χ0v) is 17.2. The van der Waals surface area contributed by atoms with Crippen LogP contribution in [0.15, 0.2) is 28.4 Å². The summed E-state index contributed by atoms with van der Waals surface area (Å²) >= 11 is 3.50. The highest BCUT2D eigenvalue weighted by Gasteiger charge is 2.29. The van der Waals surface area contributed by atoms with Gasteiger partial charge >= 0.3 is 0 Å². The van der Waals surface area contributed by atoms with E-state index in [0.29, 0.717) is 37.9 Å². The molecule has 0 unspecified atom stereocenters. The number of phenolic OH excluding ortho intramolecular Hbond substituents is 2. The Morgan fingerprint density at radius 2 is 1.82 bits per heavy atom. The fraction of sp³-hybridized carbons (Fsp3) is 0.333. The number of halogens is 1. The molecule has 4 N–H and O–H groups in total. The Hall–Kier alpha value is -2.54. The molecule has 4 rings (SSSR count). The van der Waals surface area contributed by atoms with E-state index in [-0.39, 0.29) is 23.1 Å². The first-order valence-electron chi connectivity index (χ1n) is 9.32. The number of aryl methyl sites for hydroxylation is 2. The number of piperidine rings is 1. The van der Waals surface area contributed by atoms with E-state index in [9.17, 15) is 15.0 Å². The second kappa shape index (κ2) is 7.13. The number of likely N-dealkylation sites (tertiary alicyclic amines) is 1. The van der Waals surface area contributed by atoms with E-state index in [0.717, 1.165) is 38.9 Å². The molecule has 0 radical (unpaired) electrons. The largest absolute Gasteiger partial charge is 0.506 e. The summed E-state index contributed by atoms with van der Waals surface area (Å²) in [5.74, 6) is -0.124. The van der Waals surface area contributed by atoms with Crippen LogP contribution in [0.25, 0.3) is 5.57 Å². The Balaban J connectivity index is 1.95. The minimum atomic E-state index is -0.105. The van der Waals surface area contributed by atoms with E-state index in [1.54, 1.807) is 19.2 Å². The Morgan fingerprint density at radius 1 is 1.14 bits per heavy atom. The van der Waals surface area contributed by atoms with Crippen molar-refractivity contribution in [1.29, 1.82) is 0 Å². The van der Waals surface area contributed by atoms with Crippen LogP contribution in [0, 0.1) is 0 Å². The van der Waals surface area contributed by atoms with Gasteiger partial charge in [0.2, 0.25) is 5.91 Å². The summed E-state index contributed by atoms with van der Waals surface area (Å²) in [6, 6.07) is 3.70. The molecule has 2 aliphatic rings. The van der Waals surface area contributed by atoms with Crippen LogP contribution >= 0.6 is 15.9 Å². The van der Waals surface area contributed by atoms with Gasteiger partial charge in [-0.05, 0) is 64.9 Å². The average molecular weight is 444 g/mol. The molecular weight excluding hydrogens is 422 g/mol. The highest BCUT2D eigenvalue weighted by molar-refractivity contribution is 9.10. The lowest BCUT2D eigenvalue weighted by Crippen LogP contribution is -2.34. The van der Waals surface area contributed by atoms with Crippen LogP contribution in [0.3, 0.4) is 0 Å². The van der Waals surface area contributed by atoms with Crippen molar-refractivity contribution >= 4 is 33.1 Å². The second-order valence-electron chi connectivity index (χ2n) is 7.34. The summed E-state index contributed by atoms with van der Waals surface area (Å²) < 4.78 is 0.902. The van der Waals surface area contributed by atoms with Gasteiger partial charge in [-0.15, -0.1) is 0 Å². The monoisotopic (exact) mass is 443 g/mol. The molecule has 1 aliphatic heterocycles. The molecule has 1 aliphatic carbocycles. The van der Waals surface area contributed by atoms with Crippen molar-refractivity contribution in [3.63, 3.8) is 0 Å². The molecule has 0 saturated carbocycles. The first-order valence-corrected chi connectivity index (χ1v) is 10.1. The van der Waals surface area contributed by atoms with Gasteiger partial charge in [0.15, 0.2) is 0 Å². The maximum Gasteiger partial charge on any atom is 0.219 e. The van der Waals surface area contributed by atoms with Crippen molar-refractivity contribution in [2.75, 3.05) is 18.8 Å². The van der Waals surface area contributed by atoms with Gasteiger partial charge in [0.05, 0.1) is 5.69 Å². The lowest BCUT2D eigenvalue weighted by atomic mass is 9.87. The van der Waals surface area contributed by atoms with Crippen molar-refractivity contribution in [1.82, 2.24) is 9.88 Å². The molecular formula is C21H22BrN3O3. The minimum absolute atomic E-state index is 0.0152. The second-order valence-corrected chi connectivity index (χ2v) is 8.25. The molecule has 0 bridgehead atoms. The van der Waals surface area contributed by atoms with Crippen LogP contribution in [-0.2, 0) is 17.6 Å². The number of rotatable bonds is 0. The lowest BCUT2D eigenvalue weighted by Gasteiger charge is -2.29. The summed E-state index contributed by atoms with van der Waals surface area (Å²) in [6.45, 7) is 2.87. The Labute approximate surface area is 171 Å². The molecule has 1 fully saturated rings. The molecule has 146 valence electrons. The molecule has 6 nitrogen and oxygen atoms in total. The molecule has 1 saturated heterocycles. The number of hydrogen-bond acceptors (Lipinski definition) is 5. The number of carbonyl (C=O) groups excluding carboxylic acids is 1. The summed E-state index contributed by atoms with van der Waals surface area (Å²) in [7, 11) is 0. The number of nitrogens with zero attached hydrogens (tertiary/aromatic N) is 2. The average Bonchev–Trinajstić information content (AvgIpc) is 2.83. The fourth-order valence-corrected chi connectivity index (χ4v) is 4.55. The third-order valence-electron chi connectivity index (χ3n) is 5.65. The molecule has 7 heteroatoms. The Kier molecular flexibility index (Phi) is 4.79. The van der Waals surface area contributed by atoms with Gasteiger partial charge in [0.1, 0.15) is 17.2 Å². The van der Waals surface area contributed by atoms with E-state index in [2.05, 4.69) is 27.0 Å². The van der Waals surface area contributed by atoms with Crippen LogP contribution in [0.1, 0.15) is 42.1 Å². The zero-order chi connectivity index (χ0) is 20.0. The van der Waals surface area contributed by atoms with E-state index in [1.807, 2.05) is 4.90 Å². The molecule has 28 heavy (non-hydrogen) atoms. The number of benzene rings is 1. The Bertz CT molecular complexity index is 1010. The number of nitrogen functional groups attached to an aromatic ring is 1.